The average molecular weight is 380 g/mol. The third-order valence-corrected chi connectivity index (χ3v) is 4.81. The van der Waals surface area contributed by atoms with E-state index in [1.54, 1.807) is 13.3 Å². The van der Waals surface area contributed by atoms with Crippen LogP contribution in [-0.2, 0) is 11.3 Å². The first-order valence-electron chi connectivity index (χ1n) is 9.50. The van der Waals surface area contributed by atoms with Crippen molar-refractivity contribution in [1.29, 1.82) is 0 Å². The minimum absolute atomic E-state index is 0.129. The molecule has 0 unspecified atom stereocenters. The molecule has 8 nitrogen and oxygen atoms in total. The van der Waals surface area contributed by atoms with Gasteiger partial charge in [0, 0.05) is 38.2 Å². The molecule has 0 aliphatic carbocycles. The van der Waals surface area contributed by atoms with Gasteiger partial charge in [0.2, 0.25) is 11.7 Å². The van der Waals surface area contributed by atoms with E-state index in [1.165, 1.54) is 0 Å². The van der Waals surface area contributed by atoms with E-state index in [4.69, 9.17) is 9.26 Å². The minimum atomic E-state index is 0.129. The van der Waals surface area contributed by atoms with Gasteiger partial charge in [0.05, 0.1) is 18.3 Å². The van der Waals surface area contributed by atoms with Crippen LogP contribution < -0.4 is 5.32 Å². The SMILES string of the molecule is COCCNc1cc(-c2noc([C@@H]3CCCN3Cc3ccccn3)n2)ccn1. The van der Waals surface area contributed by atoms with Gasteiger partial charge >= 0.3 is 0 Å². The van der Waals surface area contributed by atoms with E-state index in [-0.39, 0.29) is 6.04 Å². The second kappa shape index (κ2) is 8.90. The van der Waals surface area contributed by atoms with Crippen LogP contribution in [0.1, 0.15) is 30.5 Å². The zero-order chi connectivity index (χ0) is 19.2. The van der Waals surface area contributed by atoms with Gasteiger partial charge in [-0.1, -0.05) is 11.2 Å². The van der Waals surface area contributed by atoms with E-state index in [2.05, 4.69) is 30.3 Å². The lowest BCUT2D eigenvalue weighted by atomic mass is 10.2. The van der Waals surface area contributed by atoms with Gasteiger partial charge in [0.25, 0.3) is 0 Å². The molecule has 0 saturated carbocycles. The number of ether oxygens (including phenoxy) is 1. The predicted molar refractivity (Wildman–Crippen MR) is 105 cm³/mol. The molecular weight excluding hydrogens is 356 g/mol. The highest BCUT2D eigenvalue weighted by Crippen LogP contribution is 2.33. The fourth-order valence-corrected chi connectivity index (χ4v) is 3.43. The van der Waals surface area contributed by atoms with Crippen LogP contribution in [0.15, 0.2) is 47.2 Å². The van der Waals surface area contributed by atoms with Crippen molar-refractivity contribution in [3.05, 3.63) is 54.3 Å². The third-order valence-electron chi connectivity index (χ3n) is 4.81. The number of anilines is 1. The zero-order valence-corrected chi connectivity index (χ0v) is 15.9. The Morgan fingerprint density at radius 3 is 3.07 bits per heavy atom. The van der Waals surface area contributed by atoms with Gasteiger partial charge in [-0.25, -0.2) is 4.98 Å². The fourth-order valence-electron chi connectivity index (χ4n) is 3.43. The quantitative estimate of drug-likeness (QED) is 0.597. The molecule has 1 N–H and O–H groups in total. The molecule has 3 aromatic heterocycles. The summed E-state index contributed by atoms with van der Waals surface area (Å²) < 4.78 is 10.7. The van der Waals surface area contributed by atoms with Gasteiger partial charge < -0.3 is 14.6 Å². The maximum atomic E-state index is 5.63. The van der Waals surface area contributed by atoms with Crippen molar-refractivity contribution < 1.29 is 9.26 Å². The molecule has 1 saturated heterocycles. The van der Waals surface area contributed by atoms with Gasteiger partial charge in [0.1, 0.15) is 5.82 Å². The zero-order valence-electron chi connectivity index (χ0n) is 15.9. The van der Waals surface area contributed by atoms with E-state index < -0.39 is 0 Å². The second-order valence-electron chi connectivity index (χ2n) is 6.76. The molecule has 1 aliphatic rings. The molecule has 1 fully saturated rings. The lowest BCUT2D eigenvalue weighted by molar-refractivity contribution is 0.199. The maximum absolute atomic E-state index is 5.63. The van der Waals surface area contributed by atoms with Crippen LogP contribution >= 0.6 is 0 Å². The molecule has 8 heteroatoms. The number of hydrogen-bond acceptors (Lipinski definition) is 8. The van der Waals surface area contributed by atoms with Crippen LogP contribution in [-0.4, -0.2) is 51.8 Å². The molecule has 1 atom stereocenters. The number of hydrogen-bond donors (Lipinski definition) is 1. The molecule has 3 aromatic rings. The van der Waals surface area contributed by atoms with Crippen LogP contribution in [0.4, 0.5) is 5.82 Å². The van der Waals surface area contributed by atoms with Gasteiger partial charge in [0.15, 0.2) is 0 Å². The van der Waals surface area contributed by atoms with Crippen molar-refractivity contribution in [2.45, 2.75) is 25.4 Å². The van der Waals surface area contributed by atoms with Gasteiger partial charge in [-0.05, 0) is 43.7 Å². The standard InChI is InChI=1S/C20H24N6O2/c1-27-12-10-23-18-13-15(7-9-22-18)19-24-20(28-25-19)17-6-4-11-26(17)14-16-5-2-3-8-21-16/h2-3,5,7-9,13,17H,4,6,10-12,14H2,1H3,(H,22,23)/t17-/m0/s1. The first-order valence-corrected chi connectivity index (χ1v) is 9.50. The van der Waals surface area contributed by atoms with Crippen LogP contribution in [0.25, 0.3) is 11.4 Å². The molecule has 0 aromatic carbocycles. The summed E-state index contributed by atoms with van der Waals surface area (Å²) in [4.78, 5) is 15.8. The molecule has 0 amide bonds. The predicted octanol–water partition coefficient (Wildman–Crippen LogP) is 2.92. The normalized spacial score (nSPS) is 17.1. The summed E-state index contributed by atoms with van der Waals surface area (Å²) >= 11 is 0. The van der Waals surface area contributed by atoms with Crippen LogP contribution in [0, 0.1) is 0 Å². The maximum Gasteiger partial charge on any atom is 0.244 e. The number of nitrogens with one attached hydrogen (secondary N) is 1. The van der Waals surface area contributed by atoms with Gasteiger partial charge in [-0.2, -0.15) is 4.98 Å². The molecular formula is C20H24N6O2. The molecule has 28 heavy (non-hydrogen) atoms. The van der Waals surface area contributed by atoms with Crippen molar-refractivity contribution in [2.24, 2.45) is 0 Å². The number of nitrogens with zero attached hydrogens (tertiary/aromatic N) is 5. The summed E-state index contributed by atoms with van der Waals surface area (Å²) in [6.07, 6.45) is 5.68. The third kappa shape index (κ3) is 4.35. The Morgan fingerprint density at radius 2 is 2.21 bits per heavy atom. The Balaban J connectivity index is 1.47. The van der Waals surface area contributed by atoms with Crippen LogP contribution in [0.5, 0.6) is 0 Å². The Hall–Kier alpha value is -2.84. The minimum Gasteiger partial charge on any atom is -0.383 e. The Bertz CT molecular complexity index is 885. The van der Waals surface area contributed by atoms with E-state index in [0.29, 0.717) is 24.9 Å². The van der Waals surface area contributed by atoms with Crippen molar-refractivity contribution in [3.8, 4) is 11.4 Å². The van der Waals surface area contributed by atoms with Crippen LogP contribution in [0.2, 0.25) is 0 Å². The summed E-state index contributed by atoms with van der Waals surface area (Å²) in [6, 6.07) is 9.93. The van der Waals surface area contributed by atoms with Crippen molar-refractivity contribution in [1.82, 2.24) is 25.0 Å². The van der Waals surface area contributed by atoms with Gasteiger partial charge in [-0.3, -0.25) is 9.88 Å². The first kappa shape index (κ1) is 18.5. The second-order valence-corrected chi connectivity index (χ2v) is 6.76. The lowest BCUT2D eigenvalue weighted by Crippen LogP contribution is -2.23. The first-order chi connectivity index (χ1) is 13.8. The van der Waals surface area contributed by atoms with Gasteiger partial charge in [-0.15, -0.1) is 0 Å². The Morgan fingerprint density at radius 1 is 1.25 bits per heavy atom. The highest BCUT2D eigenvalue weighted by atomic mass is 16.5. The van der Waals surface area contributed by atoms with Crippen molar-refractivity contribution >= 4 is 5.82 Å². The molecule has 4 rings (SSSR count). The summed E-state index contributed by atoms with van der Waals surface area (Å²) in [6.45, 7) is 3.09. The average Bonchev–Trinajstić information content (AvgIpc) is 3.39. The Kier molecular flexibility index (Phi) is 5.89. The Labute approximate surface area is 164 Å². The fraction of sp³-hybridized carbons (Fsp3) is 0.400. The lowest BCUT2D eigenvalue weighted by Gasteiger charge is -2.20. The number of pyridine rings is 2. The molecule has 1 aliphatic heterocycles. The number of likely N-dealkylation sites (tertiary alicyclic amines) is 1. The summed E-state index contributed by atoms with van der Waals surface area (Å²) in [7, 11) is 1.67. The van der Waals surface area contributed by atoms with E-state index in [1.807, 2.05) is 36.5 Å². The topological polar surface area (TPSA) is 89.2 Å². The summed E-state index contributed by atoms with van der Waals surface area (Å²) in [5, 5.41) is 7.42. The summed E-state index contributed by atoms with van der Waals surface area (Å²) in [5.74, 6) is 2.00. The smallest absolute Gasteiger partial charge is 0.244 e. The van der Waals surface area contributed by atoms with E-state index in [0.717, 1.165) is 43.0 Å². The molecule has 4 heterocycles. The molecule has 0 spiro atoms. The summed E-state index contributed by atoms with van der Waals surface area (Å²) in [5.41, 5.74) is 1.93. The van der Waals surface area contributed by atoms with Crippen molar-refractivity contribution in [3.63, 3.8) is 0 Å². The molecule has 146 valence electrons. The molecule has 0 bridgehead atoms. The highest BCUT2D eigenvalue weighted by molar-refractivity contribution is 5.58. The highest BCUT2D eigenvalue weighted by Gasteiger charge is 2.31. The van der Waals surface area contributed by atoms with Crippen LogP contribution in [0.3, 0.4) is 0 Å². The largest absolute Gasteiger partial charge is 0.383 e. The number of aromatic nitrogens is 4. The van der Waals surface area contributed by atoms with E-state index >= 15 is 0 Å². The number of rotatable bonds is 8. The monoisotopic (exact) mass is 380 g/mol. The van der Waals surface area contributed by atoms with Crippen molar-refractivity contribution in [2.75, 3.05) is 32.1 Å². The van der Waals surface area contributed by atoms with E-state index in [9.17, 15) is 0 Å². The number of methoxy groups -OCH3 is 1. The molecule has 0 radical (unpaired) electrons.